The fourth-order valence-corrected chi connectivity index (χ4v) is 4.60. The summed E-state index contributed by atoms with van der Waals surface area (Å²) in [6.07, 6.45) is 0. The van der Waals surface area contributed by atoms with Gasteiger partial charge in [-0.15, -0.1) is 0 Å². The van der Waals surface area contributed by atoms with Gasteiger partial charge in [-0.05, 0) is 49.4 Å². The predicted molar refractivity (Wildman–Crippen MR) is 125 cm³/mol. The molecule has 1 amide bonds. The zero-order chi connectivity index (χ0) is 23.3. The van der Waals surface area contributed by atoms with E-state index in [9.17, 15) is 13.2 Å². The summed E-state index contributed by atoms with van der Waals surface area (Å²) in [6.45, 7) is 1.39. The van der Waals surface area contributed by atoms with Crippen molar-refractivity contribution in [1.29, 1.82) is 0 Å². The molecule has 3 aromatic rings. The number of hydrogen-bond donors (Lipinski definition) is 1. The summed E-state index contributed by atoms with van der Waals surface area (Å²) in [5.74, 6) is 0.296. The van der Waals surface area contributed by atoms with Crippen LogP contribution in [0.2, 0.25) is 5.02 Å². The first-order valence-corrected chi connectivity index (χ1v) is 11.4. The number of sulfonamides is 1. The third kappa shape index (κ3) is 5.33. The second-order valence-corrected chi connectivity index (χ2v) is 9.22. The first-order chi connectivity index (χ1) is 15.2. The Balaban J connectivity index is 1.98. The molecule has 0 atom stereocenters. The minimum Gasteiger partial charge on any atom is -0.497 e. The molecule has 0 heterocycles. The molecule has 0 radical (unpaired) electrons. The van der Waals surface area contributed by atoms with Crippen molar-refractivity contribution in [1.82, 2.24) is 0 Å². The number of hydrogen-bond acceptors (Lipinski definition) is 5. The van der Waals surface area contributed by atoms with Crippen LogP contribution in [-0.4, -0.2) is 35.1 Å². The van der Waals surface area contributed by atoms with Crippen molar-refractivity contribution >= 4 is 38.9 Å². The second-order valence-electron chi connectivity index (χ2n) is 6.92. The van der Waals surface area contributed by atoms with Gasteiger partial charge in [-0.1, -0.05) is 35.4 Å². The average molecular weight is 475 g/mol. The SMILES string of the molecule is COc1cccc(N(CC(=O)Nc2cc(Cl)ccc2OC)S(=O)(=O)c2ccc(C)cc2)c1. The number of amides is 1. The lowest BCUT2D eigenvalue weighted by atomic mass is 10.2. The van der Waals surface area contributed by atoms with E-state index in [1.807, 2.05) is 6.92 Å². The maximum atomic E-state index is 13.5. The van der Waals surface area contributed by atoms with Gasteiger partial charge < -0.3 is 14.8 Å². The van der Waals surface area contributed by atoms with E-state index in [1.54, 1.807) is 48.5 Å². The molecule has 0 saturated heterocycles. The Labute approximate surface area is 192 Å². The Bertz CT molecular complexity index is 1210. The van der Waals surface area contributed by atoms with Crippen LogP contribution in [0.3, 0.4) is 0 Å². The van der Waals surface area contributed by atoms with E-state index in [0.29, 0.717) is 22.2 Å². The Morgan fingerprint density at radius 3 is 2.38 bits per heavy atom. The molecule has 9 heteroatoms. The van der Waals surface area contributed by atoms with Crippen LogP contribution in [0.25, 0.3) is 0 Å². The highest BCUT2D eigenvalue weighted by molar-refractivity contribution is 7.92. The molecule has 0 spiro atoms. The molecule has 0 aliphatic carbocycles. The second kappa shape index (κ2) is 9.93. The predicted octanol–water partition coefficient (Wildman–Crippen LogP) is 4.50. The number of carbonyl (C=O) groups excluding carboxylic acids is 1. The average Bonchev–Trinajstić information content (AvgIpc) is 2.78. The van der Waals surface area contributed by atoms with E-state index < -0.39 is 22.5 Å². The molecule has 0 fully saturated rings. The summed E-state index contributed by atoms with van der Waals surface area (Å²) in [5.41, 5.74) is 1.55. The number of halogens is 1. The van der Waals surface area contributed by atoms with Crippen LogP contribution in [0, 0.1) is 6.92 Å². The third-order valence-electron chi connectivity index (χ3n) is 4.67. The molecule has 3 aromatic carbocycles. The van der Waals surface area contributed by atoms with Gasteiger partial charge in [0.2, 0.25) is 5.91 Å². The van der Waals surface area contributed by atoms with E-state index in [0.717, 1.165) is 9.87 Å². The lowest BCUT2D eigenvalue weighted by Crippen LogP contribution is -2.38. The van der Waals surface area contributed by atoms with E-state index in [2.05, 4.69) is 5.32 Å². The van der Waals surface area contributed by atoms with E-state index in [4.69, 9.17) is 21.1 Å². The van der Waals surface area contributed by atoms with Crippen molar-refractivity contribution in [3.63, 3.8) is 0 Å². The fourth-order valence-electron chi connectivity index (χ4n) is 3.02. The highest BCUT2D eigenvalue weighted by Gasteiger charge is 2.28. The number of nitrogens with zero attached hydrogens (tertiary/aromatic N) is 1. The summed E-state index contributed by atoms with van der Waals surface area (Å²) in [4.78, 5) is 13.0. The quantitative estimate of drug-likeness (QED) is 0.519. The van der Waals surface area contributed by atoms with Gasteiger partial charge in [-0.25, -0.2) is 8.42 Å². The van der Waals surface area contributed by atoms with Crippen LogP contribution in [-0.2, 0) is 14.8 Å². The van der Waals surface area contributed by atoms with Crippen LogP contribution in [0.15, 0.2) is 71.6 Å². The molecule has 32 heavy (non-hydrogen) atoms. The molecule has 0 unspecified atom stereocenters. The van der Waals surface area contributed by atoms with Crippen molar-refractivity contribution in [2.45, 2.75) is 11.8 Å². The first-order valence-electron chi connectivity index (χ1n) is 9.61. The normalized spacial score (nSPS) is 11.0. The number of anilines is 2. The third-order valence-corrected chi connectivity index (χ3v) is 6.70. The Kier molecular flexibility index (Phi) is 7.27. The monoisotopic (exact) mass is 474 g/mol. The summed E-state index contributed by atoms with van der Waals surface area (Å²) in [5, 5.41) is 3.08. The van der Waals surface area contributed by atoms with Gasteiger partial charge in [-0.3, -0.25) is 9.10 Å². The van der Waals surface area contributed by atoms with Crippen LogP contribution in [0.4, 0.5) is 11.4 Å². The minimum atomic E-state index is -4.05. The van der Waals surface area contributed by atoms with Gasteiger partial charge in [-0.2, -0.15) is 0 Å². The smallest absolute Gasteiger partial charge is 0.264 e. The number of nitrogens with one attached hydrogen (secondary N) is 1. The minimum absolute atomic E-state index is 0.0686. The van der Waals surface area contributed by atoms with Crippen LogP contribution in [0.5, 0.6) is 11.5 Å². The van der Waals surface area contributed by atoms with Crippen molar-refractivity contribution in [3.05, 3.63) is 77.3 Å². The largest absolute Gasteiger partial charge is 0.497 e. The molecule has 0 aliphatic heterocycles. The molecule has 0 saturated carbocycles. The van der Waals surface area contributed by atoms with E-state index >= 15 is 0 Å². The van der Waals surface area contributed by atoms with Gasteiger partial charge >= 0.3 is 0 Å². The zero-order valence-corrected chi connectivity index (χ0v) is 19.4. The van der Waals surface area contributed by atoms with Crippen LogP contribution in [0.1, 0.15) is 5.56 Å². The molecule has 0 bridgehead atoms. The maximum Gasteiger partial charge on any atom is 0.264 e. The number of aryl methyl sites for hydroxylation is 1. The van der Waals surface area contributed by atoms with Crippen molar-refractivity contribution in [2.24, 2.45) is 0 Å². The number of benzene rings is 3. The Morgan fingerprint density at radius 2 is 1.72 bits per heavy atom. The summed E-state index contributed by atoms with van der Waals surface area (Å²) in [6, 6.07) is 17.7. The number of ether oxygens (including phenoxy) is 2. The molecule has 168 valence electrons. The summed E-state index contributed by atoms with van der Waals surface area (Å²) < 4.78 is 38.4. The molecule has 0 aliphatic rings. The Morgan fingerprint density at radius 1 is 1.00 bits per heavy atom. The first kappa shape index (κ1) is 23.4. The lowest BCUT2D eigenvalue weighted by Gasteiger charge is -2.24. The van der Waals surface area contributed by atoms with Crippen LogP contribution >= 0.6 is 11.6 Å². The molecular formula is C23H23ClN2O5S. The van der Waals surface area contributed by atoms with Crippen LogP contribution < -0.4 is 19.1 Å². The van der Waals surface area contributed by atoms with Crippen molar-refractivity contribution in [3.8, 4) is 11.5 Å². The standard InChI is InChI=1S/C23H23ClN2O5S/c1-16-7-10-20(11-8-16)32(28,29)26(18-5-4-6-19(14-18)30-2)15-23(27)25-21-13-17(24)9-12-22(21)31-3/h4-14H,15H2,1-3H3,(H,25,27). The molecule has 0 aromatic heterocycles. The topological polar surface area (TPSA) is 84.9 Å². The number of methoxy groups -OCH3 is 2. The molecule has 3 rings (SSSR count). The van der Waals surface area contributed by atoms with Gasteiger partial charge in [0.05, 0.1) is 30.5 Å². The Hall–Kier alpha value is -3.23. The maximum absolute atomic E-state index is 13.5. The molecule has 1 N–H and O–H groups in total. The highest BCUT2D eigenvalue weighted by Crippen LogP contribution is 2.29. The number of carbonyl (C=O) groups is 1. The van der Waals surface area contributed by atoms with Gasteiger partial charge in [0, 0.05) is 11.1 Å². The lowest BCUT2D eigenvalue weighted by molar-refractivity contribution is -0.114. The van der Waals surface area contributed by atoms with Crippen molar-refractivity contribution in [2.75, 3.05) is 30.4 Å². The highest BCUT2D eigenvalue weighted by atomic mass is 35.5. The van der Waals surface area contributed by atoms with Gasteiger partial charge in [0.25, 0.3) is 10.0 Å². The zero-order valence-electron chi connectivity index (χ0n) is 17.8. The number of rotatable bonds is 8. The van der Waals surface area contributed by atoms with Gasteiger partial charge in [0.15, 0.2) is 0 Å². The molecular weight excluding hydrogens is 452 g/mol. The fraction of sp³-hybridized carbons (Fsp3) is 0.174. The van der Waals surface area contributed by atoms with Gasteiger partial charge in [0.1, 0.15) is 18.0 Å². The van der Waals surface area contributed by atoms with E-state index in [1.165, 1.54) is 32.4 Å². The van der Waals surface area contributed by atoms with E-state index in [-0.39, 0.29) is 10.6 Å². The van der Waals surface area contributed by atoms with Crippen molar-refractivity contribution < 1.29 is 22.7 Å². The molecule has 7 nitrogen and oxygen atoms in total. The summed E-state index contributed by atoms with van der Waals surface area (Å²) in [7, 11) is -1.10. The summed E-state index contributed by atoms with van der Waals surface area (Å²) >= 11 is 6.03.